The van der Waals surface area contributed by atoms with Gasteiger partial charge < -0.3 is 4.90 Å². The van der Waals surface area contributed by atoms with Crippen molar-refractivity contribution in [2.45, 2.75) is 25.6 Å². The number of hydrogen-bond donors (Lipinski definition) is 0. The molecule has 0 atom stereocenters. The van der Waals surface area contributed by atoms with E-state index in [1.54, 1.807) is 36.4 Å². The summed E-state index contributed by atoms with van der Waals surface area (Å²) in [6, 6.07) is 27.1. The first-order valence-corrected chi connectivity index (χ1v) is 11.9. The molecule has 5 aromatic rings. The summed E-state index contributed by atoms with van der Waals surface area (Å²) in [4.78, 5) is 19.8. The summed E-state index contributed by atoms with van der Waals surface area (Å²) in [5, 5.41) is 4.17. The second kappa shape index (κ2) is 8.89. The van der Waals surface area contributed by atoms with Crippen molar-refractivity contribution in [1.82, 2.24) is 14.6 Å². The molecule has 8 heteroatoms. The number of alkyl halides is 3. The van der Waals surface area contributed by atoms with E-state index in [0.717, 1.165) is 15.6 Å². The third kappa shape index (κ3) is 4.14. The summed E-state index contributed by atoms with van der Waals surface area (Å²) in [5.41, 5.74) is 2.53. The first-order valence-electron chi connectivity index (χ1n) is 11.9. The highest BCUT2D eigenvalue weighted by Gasteiger charge is 2.40. The predicted molar refractivity (Wildman–Crippen MR) is 134 cm³/mol. The number of carbonyl (C=O) groups is 1. The molecule has 184 valence electrons. The van der Waals surface area contributed by atoms with Gasteiger partial charge in [-0.05, 0) is 36.1 Å². The standard InChI is InChI=1S/C29H21F3N4O/c30-29(31,32)27-23-16-15-20-11-7-8-14-22(20)26(23)33-25-17-24(34-36(25)27)28(37)35(21-12-5-2-6-13-21)18-19-9-3-1-4-10-19/h1-14,17H,15-16,18H2. The molecule has 37 heavy (non-hydrogen) atoms. The lowest BCUT2D eigenvalue weighted by molar-refractivity contribution is -0.143. The number of para-hydroxylation sites is 1. The maximum absolute atomic E-state index is 14.4. The van der Waals surface area contributed by atoms with E-state index in [-0.39, 0.29) is 29.9 Å². The Morgan fingerprint density at radius 2 is 1.57 bits per heavy atom. The highest BCUT2D eigenvalue weighted by atomic mass is 19.4. The van der Waals surface area contributed by atoms with Crippen molar-refractivity contribution in [3.8, 4) is 11.3 Å². The van der Waals surface area contributed by atoms with Gasteiger partial charge in [0.1, 0.15) is 0 Å². The SMILES string of the molecule is O=C(c1cc2nc3c(c(C(F)(F)F)n2n1)CCc1ccccc1-3)N(Cc1ccccc1)c1ccccc1. The zero-order chi connectivity index (χ0) is 25.6. The van der Waals surface area contributed by atoms with E-state index in [2.05, 4.69) is 10.1 Å². The van der Waals surface area contributed by atoms with Crippen LogP contribution in [0.25, 0.3) is 16.9 Å². The van der Waals surface area contributed by atoms with Gasteiger partial charge in [0.15, 0.2) is 17.0 Å². The quantitative estimate of drug-likeness (QED) is 0.290. The van der Waals surface area contributed by atoms with Crippen LogP contribution in [0.5, 0.6) is 0 Å². The molecule has 0 bridgehead atoms. The van der Waals surface area contributed by atoms with E-state index in [9.17, 15) is 18.0 Å². The molecular formula is C29H21F3N4O. The van der Waals surface area contributed by atoms with Crippen molar-refractivity contribution in [3.05, 3.63) is 119 Å². The van der Waals surface area contributed by atoms with Crippen LogP contribution in [0.15, 0.2) is 91.0 Å². The first-order chi connectivity index (χ1) is 17.9. The van der Waals surface area contributed by atoms with E-state index in [4.69, 9.17) is 0 Å². The summed E-state index contributed by atoms with van der Waals surface area (Å²) in [7, 11) is 0. The Kier molecular flexibility index (Phi) is 5.52. The molecule has 0 aliphatic heterocycles. The third-order valence-electron chi connectivity index (χ3n) is 6.60. The number of amides is 1. The zero-order valence-corrected chi connectivity index (χ0v) is 19.6. The van der Waals surface area contributed by atoms with Crippen LogP contribution >= 0.6 is 0 Å². The van der Waals surface area contributed by atoms with Crippen LogP contribution in [-0.4, -0.2) is 20.5 Å². The Morgan fingerprint density at radius 1 is 0.892 bits per heavy atom. The summed E-state index contributed by atoms with van der Waals surface area (Å²) in [6.45, 7) is 0.237. The Bertz CT molecular complexity index is 1610. The molecule has 0 unspecified atom stereocenters. The molecule has 0 fully saturated rings. The summed E-state index contributed by atoms with van der Waals surface area (Å²) in [6.07, 6.45) is -4.00. The number of benzene rings is 3. The van der Waals surface area contributed by atoms with Crippen LogP contribution < -0.4 is 4.90 Å². The van der Waals surface area contributed by atoms with Gasteiger partial charge in [0, 0.05) is 22.9 Å². The van der Waals surface area contributed by atoms with Gasteiger partial charge in [-0.1, -0.05) is 72.8 Å². The molecule has 6 rings (SSSR count). The zero-order valence-electron chi connectivity index (χ0n) is 19.6. The normalized spacial score (nSPS) is 12.7. The Labute approximate surface area is 210 Å². The molecule has 2 heterocycles. The van der Waals surface area contributed by atoms with Gasteiger partial charge in [0.05, 0.1) is 12.2 Å². The number of nitrogens with zero attached hydrogens (tertiary/aromatic N) is 4. The fraction of sp³-hybridized carbons (Fsp3) is 0.138. The molecule has 0 saturated heterocycles. The fourth-order valence-electron chi connectivity index (χ4n) is 4.91. The van der Waals surface area contributed by atoms with Crippen molar-refractivity contribution < 1.29 is 18.0 Å². The fourth-order valence-corrected chi connectivity index (χ4v) is 4.91. The van der Waals surface area contributed by atoms with Gasteiger partial charge in [-0.25, -0.2) is 9.50 Å². The molecule has 1 aliphatic rings. The van der Waals surface area contributed by atoms with Crippen molar-refractivity contribution in [2.75, 3.05) is 4.90 Å². The summed E-state index contributed by atoms with van der Waals surface area (Å²) in [5.74, 6) is -0.507. The number of aryl methyl sites for hydroxylation is 1. The molecule has 0 N–H and O–H groups in total. The lowest BCUT2D eigenvalue weighted by Crippen LogP contribution is -2.31. The molecule has 0 radical (unpaired) electrons. The average molecular weight is 499 g/mol. The number of aromatic nitrogens is 3. The predicted octanol–water partition coefficient (Wildman–Crippen LogP) is 6.36. The van der Waals surface area contributed by atoms with Crippen LogP contribution in [0.1, 0.15) is 32.9 Å². The number of rotatable bonds is 4. The second-order valence-electron chi connectivity index (χ2n) is 8.95. The second-order valence-corrected chi connectivity index (χ2v) is 8.95. The van der Waals surface area contributed by atoms with Crippen molar-refractivity contribution in [2.24, 2.45) is 0 Å². The van der Waals surface area contributed by atoms with Crippen LogP contribution in [0.4, 0.5) is 18.9 Å². The van der Waals surface area contributed by atoms with Crippen molar-refractivity contribution in [1.29, 1.82) is 0 Å². The molecule has 1 aliphatic carbocycles. The monoisotopic (exact) mass is 498 g/mol. The smallest absolute Gasteiger partial charge is 0.303 e. The summed E-state index contributed by atoms with van der Waals surface area (Å²) >= 11 is 0. The van der Waals surface area contributed by atoms with Gasteiger partial charge in [-0.15, -0.1) is 0 Å². The van der Waals surface area contributed by atoms with E-state index >= 15 is 0 Å². The van der Waals surface area contributed by atoms with Crippen LogP contribution in [0.2, 0.25) is 0 Å². The van der Waals surface area contributed by atoms with E-state index in [0.29, 0.717) is 23.4 Å². The van der Waals surface area contributed by atoms with Crippen LogP contribution in [0.3, 0.4) is 0 Å². The van der Waals surface area contributed by atoms with Gasteiger partial charge in [-0.2, -0.15) is 18.3 Å². The number of halogens is 3. The molecule has 2 aromatic heterocycles. The number of fused-ring (bicyclic) bond motifs is 4. The van der Waals surface area contributed by atoms with E-state index in [1.807, 2.05) is 48.5 Å². The minimum Gasteiger partial charge on any atom is -0.303 e. The Balaban J connectivity index is 1.50. The highest BCUT2D eigenvalue weighted by molar-refractivity contribution is 6.05. The van der Waals surface area contributed by atoms with Crippen LogP contribution in [0, 0.1) is 0 Å². The minimum absolute atomic E-state index is 0.0150. The van der Waals surface area contributed by atoms with Gasteiger partial charge in [-0.3, -0.25) is 4.79 Å². The Hall–Kier alpha value is -4.46. The number of hydrogen-bond acceptors (Lipinski definition) is 3. The van der Waals surface area contributed by atoms with Gasteiger partial charge in [0.25, 0.3) is 5.91 Å². The van der Waals surface area contributed by atoms with Crippen LogP contribution in [-0.2, 0) is 25.6 Å². The largest absolute Gasteiger partial charge is 0.433 e. The minimum atomic E-state index is -4.67. The highest BCUT2D eigenvalue weighted by Crippen LogP contribution is 2.40. The Morgan fingerprint density at radius 3 is 2.30 bits per heavy atom. The van der Waals surface area contributed by atoms with Gasteiger partial charge in [0.2, 0.25) is 0 Å². The van der Waals surface area contributed by atoms with E-state index < -0.39 is 17.8 Å². The van der Waals surface area contributed by atoms with E-state index in [1.165, 1.54) is 11.0 Å². The first kappa shape index (κ1) is 23.0. The molecule has 0 saturated carbocycles. The topological polar surface area (TPSA) is 50.5 Å². The number of anilines is 1. The molecule has 5 nitrogen and oxygen atoms in total. The van der Waals surface area contributed by atoms with Crippen molar-refractivity contribution in [3.63, 3.8) is 0 Å². The van der Waals surface area contributed by atoms with Gasteiger partial charge >= 0.3 is 6.18 Å². The van der Waals surface area contributed by atoms with Crippen molar-refractivity contribution >= 4 is 17.2 Å². The average Bonchev–Trinajstić information content (AvgIpc) is 3.34. The summed E-state index contributed by atoms with van der Waals surface area (Å²) < 4.78 is 44.0. The molecule has 1 amide bonds. The third-order valence-corrected chi connectivity index (χ3v) is 6.60. The molecule has 0 spiro atoms. The lowest BCUT2D eigenvalue weighted by atomic mass is 9.88. The maximum Gasteiger partial charge on any atom is 0.433 e. The molecule has 3 aromatic carbocycles. The maximum atomic E-state index is 14.4. The lowest BCUT2D eigenvalue weighted by Gasteiger charge is -2.23. The number of carbonyl (C=O) groups excluding carboxylic acids is 1. The molecular weight excluding hydrogens is 477 g/mol.